The van der Waals surface area contributed by atoms with E-state index in [9.17, 15) is 25.2 Å². The summed E-state index contributed by atoms with van der Waals surface area (Å²) in [7, 11) is 0. The highest BCUT2D eigenvalue weighted by Crippen LogP contribution is 2.18. The fourth-order valence-electron chi connectivity index (χ4n) is 10.2. The quantitative estimate of drug-likeness (QED) is 0.0308. The number of rotatable bonds is 60. The summed E-state index contributed by atoms with van der Waals surface area (Å²) in [5.41, 5.74) is 0. The number of hydrogen-bond donors (Lipinski definition) is 5. The molecule has 0 fully saturated rings. The molecule has 0 saturated heterocycles. The van der Waals surface area contributed by atoms with E-state index in [1.807, 2.05) is 0 Å². The first-order valence-corrected chi connectivity index (χ1v) is 32.5. The van der Waals surface area contributed by atoms with Gasteiger partial charge in [0, 0.05) is 0 Å². The Balaban J connectivity index is 3.60. The number of unbranched alkanes of at least 4 members (excludes halogenated alkanes) is 43. The molecule has 0 radical (unpaired) electrons. The number of nitrogens with one attached hydrogen (secondary N) is 1. The van der Waals surface area contributed by atoms with E-state index in [-0.39, 0.29) is 0 Å². The second kappa shape index (κ2) is 61.1. The highest BCUT2D eigenvalue weighted by atomic mass is 16.3. The van der Waals surface area contributed by atoms with E-state index in [2.05, 4.69) is 67.8 Å². The van der Waals surface area contributed by atoms with E-state index in [1.54, 1.807) is 0 Å². The Morgan fingerprint density at radius 3 is 0.945 bits per heavy atom. The lowest BCUT2D eigenvalue weighted by molar-refractivity contribution is -0.132. The summed E-state index contributed by atoms with van der Waals surface area (Å²) in [6.45, 7) is 4.08. The topological polar surface area (TPSA) is 110 Å². The van der Waals surface area contributed by atoms with Crippen LogP contribution in [-0.2, 0) is 4.79 Å². The Hall–Kier alpha value is -1.73. The predicted octanol–water partition coefficient (Wildman–Crippen LogP) is 19.7. The van der Waals surface area contributed by atoms with Gasteiger partial charge in [0.2, 0.25) is 5.91 Å². The maximum atomic E-state index is 12.6. The third-order valence-corrected chi connectivity index (χ3v) is 15.2. The van der Waals surface area contributed by atoms with E-state index in [0.717, 1.165) is 44.9 Å². The number of carbonyl (C=O) groups is 1. The third kappa shape index (κ3) is 54.9. The van der Waals surface area contributed by atoms with Crippen LogP contribution in [0.1, 0.15) is 341 Å². The lowest BCUT2D eigenvalue weighted by atomic mass is 10.00. The lowest BCUT2D eigenvalue weighted by Gasteiger charge is -2.27. The number of hydrogen-bond acceptors (Lipinski definition) is 5. The van der Waals surface area contributed by atoms with Crippen molar-refractivity contribution in [2.24, 2.45) is 0 Å². The summed E-state index contributed by atoms with van der Waals surface area (Å²) >= 11 is 0. The van der Waals surface area contributed by atoms with Crippen LogP contribution in [0.2, 0.25) is 0 Å². The fourth-order valence-corrected chi connectivity index (χ4v) is 10.2. The van der Waals surface area contributed by atoms with Crippen LogP contribution in [0.3, 0.4) is 0 Å². The lowest BCUT2D eigenvalue weighted by Crippen LogP contribution is -2.53. The molecule has 5 N–H and O–H groups in total. The van der Waals surface area contributed by atoms with Crippen LogP contribution in [0.4, 0.5) is 0 Å². The molecule has 4 atom stereocenters. The second-order valence-corrected chi connectivity index (χ2v) is 22.4. The number of aliphatic hydroxyl groups is 4. The Kier molecular flexibility index (Phi) is 59.7. The van der Waals surface area contributed by atoms with Crippen LogP contribution in [-0.4, -0.2) is 57.3 Å². The van der Waals surface area contributed by atoms with Gasteiger partial charge in [0.15, 0.2) is 0 Å². The van der Waals surface area contributed by atoms with Crippen molar-refractivity contribution in [3.8, 4) is 0 Å². The Morgan fingerprint density at radius 1 is 0.342 bits per heavy atom. The minimum Gasteiger partial charge on any atom is -0.394 e. The molecule has 0 aliphatic rings. The Labute approximate surface area is 455 Å². The van der Waals surface area contributed by atoms with Crippen molar-refractivity contribution in [1.29, 1.82) is 0 Å². The van der Waals surface area contributed by atoms with Crippen LogP contribution < -0.4 is 5.32 Å². The van der Waals surface area contributed by atoms with Gasteiger partial charge in [-0.15, -0.1) is 0 Å². The number of aliphatic hydroxyl groups excluding tert-OH is 4. The molecule has 0 heterocycles. The van der Waals surface area contributed by atoms with Gasteiger partial charge in [0.25, 0.3) is 0 Å². The number of carbonyl (C=O) groups excluding carboxylic acids is 1. The average molecular weight is 1030 g/mol. The fraction of sp³-hybridized carbons (Fsp3) is 0.866. The molecule has 0 saturated carbocycles. The van der Waals surface area contributed by atoms with Crippen molar-refractivity contribution in [1.82, 2.24) is 5.32 Å². The molecule has 1 amide bonds. The molecule has 0 aliphatic carbocycles. The van der Waals surface area contributed by atoms with Crippen molar-refractivity contribution in [3.05, 3.63) is 48.6 Å². The molecule has 0 rings (SSSR count). The largest absolute Gasteiger partial charge is 0.394 e. The van der Waals surface area contributed by atoms with E-state index in [0.29, 0.717) is 19.3 Å². The van der Waals surface area contributed by atoms with Crippen molar-refractivity contribution >= 4 is 5.91 Å². The highest BCUT2D eigenvalue weighted by molar-refractivity contribution is 5.80. The van der Waals surface area contributed by atoms with Gasteiger partial charge in [-0.25, -0.2) is 0 Å². The molecule has 430 valence electrons. The molecule has 0 spiro atoms. The van der Waals surface area contributed by atoms with Crippen LogP contribution >= 0.6 is 0 Å². The van der Waals surface area contributed by atoms with Gasteiger partial charge in [-0.1, -0.05) is 306 Å². The molecule has 0 bridgehead atoms. The number of allylic oxidation sites excluding steroid dienone is 8. The predicted molar refractivity (Wildman–Crippen MR) is 320 cm³/mol. The first kappa shape index (κ1) is 71.3. The monoisotopic (exact) mass is 1030 g/mol. The second-order valence-electron chi connectivity index (χ2n) is 22.4. The molecular formula is C67H127NO5. The van der Waals surface area contributed by atoms with Crippen LogP contribution in [0, 0.1) is 0 Å². The maximum absolute atomic E-state index is 12.6. The van der Waals surface area contributed by atoms with E-state index in [4.69, 9.17) is 0 Å². The van der Waals surface area contributed by atoms with E-state index in [1.165, 1.54) is 263 Å². The number of amides is 1. The first-order chi connectivity index (χ1) is 36.0. The minimum absolute atomic E-state index is 0.360. The van der Waals surface area contributed by atoms with Gasteiger partial charge in [0.1, 0.15) is 12.2 Å². The zero-order chi connectivity index (χ0) is 53.0. The smallest absolute Gasteiger partial charge is 0.249 e. The van der Waals surface area contributed by atoms with Crippen LogP contribution in [0.5, 0.6) is 0 Å². The molecule has 73 heavy (non-hydrogen) atoms. The summed E-state index contributed by atoms with van der Waals surface area (Å²) in [6, 6.07) is -1.01. The van der Waals surface area contributed by atoms with Gasteiger partial charge in [0.05, 0.1) is 18.8 Å². The summed E-state index contributed by atoms with van der Waals surface area (Å²) in [5, 5.41) is 44.1. The molecule has 0 aliphatic heterocycles. The standard InChI is InChI=1S/C67H127NO5/c1-3-5-7-9-11-13-15-17-19-21-23-25-26-27-28-29-30-31-32-33-34-35-36-37-38-39-41-43-45-47-49-51-53-55-57-59-61-65(71)67(73)68-63(62-69)66(72)64(70)60-58-56-54-52-50-48-46-44-42-40-24-22-20-18-16-14-12-10-8-6-4-2/h28-29,31-32,44,46,52,54,63-66,69-72H,3-27,30,33-43,45,47-51,53,55-62H2,1-2H3,(H,68,73)/b29-28-,32-31-,46-44+,54-52+. The first-order valence-electron chi connectivity index (χ1n) is 32.5. The normalized spacial score (nSPS) is 13.9. The van der Waals surface area contributed by atoms with E-state index >= 15 is 0 Å². The zero-order valence-corrected chi connectivity index (χ0v) is 48.9. The highest BCUT2D eigenvalue weighted by Gasteiger charge is 2.28. The van der Waals surface area contributed by atoms with Crippen LogP contribution in [0.25, 0.3) is 0 Å². The van der Waals surface area contributed by atoms with E-state index < -0.39 is 36.9 Å². The molecular weight excluding hydrogens is 899 g/mol. The summed E-state index contributed by atoms with van der Waals surface area (Å²) in [6.07, 6.45) is 79.3. The molecule has 6 nitrogen and oxygen atoms in total. The molecule has 0 aromatic rings. The molecule has 0 aromatic heterocycles. The molecule has 4 unspecified atom stereocenters. The molecule has 6 heteroatoms. The average Bonchev–Trinajstić information content (AvgIpc) is 3.40. The Bertz CT molecular complexity index is 1200. The van der Waals surface area contributed by atoms with Gasteiger partial charge in [-0.2, -0.15) is 0 Å². The maximum Gasteiger partial charge on any atom is 0.249 e. The zero-order valence-electron chi connectivity index (χ0n) is 48.9. The van der Waals surface area contributed by atoms with Gasteiger partial charge in [-0.3, -0.25) is 4.79 Å². The minimum atomic E-state index is -1.29. The van der Waals surface area contributed by atoms with Crippen molar-refractivity contribution in [3.63, 3.8) is 0 Å². The van der Waals surface area contributed by atoms with Gasteiger partial charge < -0.3 is 25.7 Å². The summed E-state index contributed by atoms with van der Waals surface area (Å²) in [5.74, 6) is -0.594. The molecule has 0 aromatic carbocycles. The summed E-state index contributed by atoms with van der Waals surface area (Å²) in [4.78, 5) is 12.6. The summed E-state index contributed by atoms with van der Waals surface area (Å²) < 4.78 is 0. The van der Waals surface area contributed by atoms with Gasteiger partial charge in [-0.05, 0) is 83.5 Å². The van der Waals surface area contributed by atoms with Gasteiger partial charge >= 0.3 is 0 Å². The third-order valence-electron chi connectivity index (χ3n) is 15.2. The Morgan fingerprint density at radius 2 is 0.616 bits per heavy atom. The SMILES string of the molecule is CCCCCCCCCCCCCC/C=C/CC/C=C/CCCC(O)C(O)C(CO)NC(=O)C(O)CCCCCCCCCCCCCCCCCC/C=C\C/C=C\CCCCCCCCCCCCCCC. The van der Waals surface area contributed by atoms with Crippen LogP contribution in [0.15, 0.2) is 48.6 Å². The van der Waals surface area contributed by atoms with Crippen molar-refractivity contribution in [2.75, 3.05) is 6.61 Å². The van der Waals surface area contributed by atoms with Crippen molar-refractivity contribution in [2.45, 2.75) is 366 Å². The van der Waals surface area contributed by atoms with Crippen molar-refractivity contribution < 1.29 is 25.2 Å².